The van der Waals surface area contributed by atoms with Crippen molar-refractivity contribution in [3.63, 3.8) is 0 Å². The molecule has 2 aromatic rings. The number of thiophene rings is 1. The smallest absolute Gasteiger partial charge is 0.309 e. The first-order valence-corrected chi connectivity index (χ1v) is 10.5. The van der Waals surface area contributed by atoms with Crippen LogP contribution in [0.15, 0.2) is 35.8 Å². The molecular formula is C20H28N4O2S. The maximum atomic E-state index is 12.3. The van der Waals surface area contributed by atoms with Gasteiger partial charge in [-0.25, -0.2) is 0 Å². The maximum Gasteiger partial charge on any atom is 0.309 e. The van der Waals surface area contributed by atoms with Gasteiger partial charge in [-0.3, -0.25) is 14.5 Å². The molecule has 3 rings (SSSR count). The van der Waals surface area contributed by atoms with Crippen LogP contribution < -0.4 is 10.6 Å². The highest BCUT2D eigenvalue weighted by Crippen LogP contribution is 2.24. The van der Waals surface area contributed by atoms with E-state index in [-0.39, 0.29) is 6.04 Å². The minimum Gasteiger partial charge on any atom is -0.353 e. The van der Waals surface area contributed by atoms with Crippen molar-refractivity contribution in [3.05, 3.63) is 46.4 Å². The zero-order chi connectivity index (χ0) is 19.1. The number of hydrogen-bond donors (Lipinski definition) is 2. The minimum atomic E-state index is -0.579. The Morgan fingerprint density at radius 3 is 2.44 bits per heavy atom. The number of carbonyl (C=O) groups is 2. The topological polar surface area (TPSA) is 66.4 Å². The number of nitrogens with one attached hydrogen (secondary N) is 2. The van der Waals surface area contributed by atoms with Crippen molar-refractivity contribution < 1.29 is 9.59 Å². The van der Waals surface area contributed by atoms with Crippen LogP contribution in [0.5, 0.6) is 0 Å². The Bertz CT molecular complexity index is 733. The molecule has 2 amide bonds. The van der Waals surface area contributed by atoms with Gasteiger partial charge < -0.3 is 15.2 Å². The number of aromatic nitrogens is 1. The number of likely N-dealkylation sites (tertiary alicyclic amines) is 1. The van der Waals surface area contributed by atoms with Gasteiger partial charge in [-0.1, -0.05) is 18.9 Å². The van der Waals surface area contributed by atoms with Crippen molar-refractivity contribution in [3.8, 4) is 0 Å². The van der Waals surface area contributed by atoms with Crippen molar-refractivity contribution >= 4 is 23.2 Å². The Morgan fingerprint density at radius 1 is 1.07 bits per heavy atom. The van der Waals surface area contributed by atoms with Crippen molar-refractivity contribution in [1.82, 2.24) is 20.1 Å². The SMILES string of the molecule is Cn1cccc1[C@@H](CNC(=O)C(=O)NCc1cccs1)N1CCCCCC1. The maximum absolute atomic E-state index is 12.3. The van der Waals surface area contributed by atoms with Gasteiger partial charge in [-0.05, 0) is 49.5 Å². The van der Waals surface area contributed by atoms with Crippen LogP contribution in [0, 0.1) is 0 Å². The standard InChI is InChI=1S/C20H28N4O2S/c1-23-10-6-9-17(23)18(24-11-4-2-3-5-12-24)15-22-20(26)19(25)21-14-16-8-7-13-27-16/h6-10,13,18H,2-5,11-12,14-15H2,1H3,(H,21,25)(H,22,26)/t18-/m1/s1. The van der Waals surface area contributed by atoms with Gasteiger partial charge in [-0.15, -0.1) is 11.3 Å². The Hall–Kier alpha value is -2.12. The Kier molecular flexibility index (Phi) is 7.06. The van der Waals surface area contributed by atoms with E-state index in [1.807, 2.05) is 36.8 Å². The molecule has 0 bridgehead atoms. The quantitative estimate of drug-likeness (QED) is 0.747. The van der Waals surface area contributed by atoms with Gasteiger partial charge in [-0.2, -0.15) is 0 Å². The molecule has 0 radical (unpaired) electrons. The molecule has 2 aromatic heterocycles. The summed E-state index contributed by atoms with van der Waals surface area (Å²) >= 11 is 1.56. The molecule has 7 heteroatoms. The molecule has 146 valence electrons. The molecule has 1 aliphatic rings. The summed E-state index contributed by atoms with van der Waals surface area (Å²) in [5, 5.41) is 7.48. The average Bonchev–Trinajstić information content (AvgIpc) is 3.26. The molecule has 0 spiro atoms. The summed E-state index contributed by atoms with van der Waals surface area (Å²) in [7, 11) is 2.02. The van der Waals surface area contributed by atoms with Crippen molar-refractivity contribution in [2.45, 2.75) is 38.3 Å². The fraction of sp³-hybridized carbons (Fsp3) is 0.500. The number of amides is 2. The van der Waals surface area contributed by atoms with Crippen LogP contribution in [0.2, 0.25) is 0 Å². The summed E-state index contributed by atoms with van der Waals surface area (Å²) in [5.74, 6) is -1.15. The third kappa shape index (κ3) is 5.43. The first kappa shape index (κ1) is 19.6. The van der Waals surface area contributed by atoms with Crippen LogP contribution in [0.1, 0.15) is 42.3 Å². The lowest BCUT2D eigenvalue weighted by Crippen LogP contribution is -2.44. The van der Waals surface area contributed by atoms with E-state index in [2.05, 4.69) is 26.2 Å². The molecule has 0 aromatic carbocycles. The molecule has 0 saturated carbocycles. The summed E-state index contributed by atoms with van der Waals surface area (Å²) in [6.45, 7) is 2.87. The van der Waals surface area contributed by atoms with Crippen molar-refractivity contribution in [2.75, 3.05) is 19.6 Å². The van der Waals surface area contributed by atoms with Crippen LogP contribution in [0.25, 0.3) is 0 Å². The fourth-order valence-electron chi connectivity index (χ4n) is 3.58. The van der Waals surface area contributed by atoms with Gasteiger partial charge in [0.2, 0.25) is 0 Å². The van der Waals surface area contributed by atoms with E-state index < -0.39 is 11.8 Å². The number of nitrogens with zero attached hydrogens (tertiary/aromatic N) is 2. The molecule has 3 heterocycles. The molecule has 1 aliphatic heterocycles. The highest BCUT2D eigenvalue weighted by Gasteiger charge is 2.25. The Labute approximate surface area is 164 Å². The molecule has 2 N–H and O–H groups in total. The lowest BCUT2D eigenvalue weighted by Gasteiger charge is -2.31. The van der Waals surface area contributed by atoms with Crippen LogP contribution in [-0.2, 0) is 23.2 Å². The van der Waals surface area contributed by atoms with Crippen molar-refractivity contribution in [1.29, 1.82) is 0 Å². The monoisotopic (exact) mass is 388 g/mol. The summed E-state index contributed by atoms with van der Waals surface area (Å²) in [6.07, 6.45) is 6.89. The largest absolute Gasteiger partial charge is 0.353 e. The van der Waals surface area contributed by atoms with Crippen molar-refractivity contribution in [2.24, 2.45) is 7.05 Å². The van der Waals surface area contributed by atoms with Gasteiger partial charge in [0.15, 0.2) is 0 Å². The van der Waals surface area contributed by atoms with Gasteiger partial charge in [0, 0.05) is 30.4 Å². The molecule has 27 heavy (non-hydrogen) atoms. The first-order chi connectivity index (χ1) is 13.1. The van der Waals surface area contributed by atoms with Gasteiger partial charge in [0.1, 0.15) is 0 Å². The van der Waals surface area contributed by atoms with Crippen LogP contribution >= 0.6 is 11.3 Å². The highest BCUT2D eigenvalue weighted by molar-refractivity contribution is 7.09. The zero-order valence-corrected chi connectivity index (χ0v) is 16.6. The van der Waals surface area contributed by atoms with E-state index in [4.69, 9.17) is 0 Å². The van der Waals surface area contributed by atoms with Gasteiger partial charge in [0.25, 0.3) is 0 Å². The first-order valence-electron chi connectivity index (χ1n) is 9.59. The normalized spacial score (nSPS) is 16.5. The number of hydrogen-bond acceptors (Lipinski definition) is 4. The molecule has 1 atom stereocenters. The molecule has 1 fully saturated rings. The van der Waals surface area contributed by atoms with Crippen LogP contribution in [0.3, 0.4) is 0 Å². The lowest BCUT2D eigenvalue weighted by atomic mass is 10.1. The lowest BCUT2D eigenvalue weighted by molar-refractivity contribution is -0.139. The second-order valence-electron chi connectivity index (χ2n) is 6.98. The van der Waals surface area contributed by atoms with E-state index in [1.165, 1.54) is 25.7 Å². The zero-order valence-electron chi connectivity index (χ0n) is 15.8. The molecular weight excluding hydrogens is 360 g/mol. The predicted octanol–water partition coefficient (Wildman–Crippen LogP) is 2.44. The van der Waals surface area contributed by atoms with Crippen LogP contribution in [-0.4, -0.2) is 40.9 Å². The third-order valence-corrected chi connectivity index (χ3v) is 5.95. The van der Waals surface area contributed by atoms with E-state index in [9.17, 15) is 9.59 Å². The second-order valence-corrected chi connectivity index (χ2v) is 8.01. The van der Waals surface area contributed by atoms with Gasteiger partial charge in [0.05, 0.1) is 12.6 Å². The van der Waals surface area contributed by atoms with Gasteiger partial charge >= 0.3 is 11.8 Å². The Morgan fingerprint density at radius 2 is 1.81 bits per heavy atom. The summed E-state index contributed by atoms with van der Waals surface area (Å²) in [4.78, 5) is 27.8. The molecule has 0 unspecified atom stereocenters. The molecule has 0 aliphatic carbocycles. The predicted molar refractivity (Wildman–Crippen MR) is 107 cm³/mol. The molecule has 1 saturated heterocycles. The van der Waals surface area contributed by atoms with E-state index in [0.717, 1.165) is 23.7 Å². The van der Waals surface area contributed by atoms with E-state index >= 15 is 0 Å². The highest BCUT2D eigenvalue weighted by atomic mass is 32.1. The number of carbonyl (C=O) groups excluding carboxylic acids is 2. The second kappa shape index (κ2) is 9.71. The minimum absolute atomic E-state index is 0.0807. The number of aryl methyl sites for hydroxylation is 1. The fourth-order valence-corrected chi connectivity index (χ4v) is 4.22. The van der Waals surface area contributed by atoms with E-state index in [0.29, 0.717) is 13.1 Å². The summed E-state index contributed by atoms with van der Waals surface area (Å²) < 4.78 is 2.10. The summed E-state index contributed by atoms with van der Waals surface area (Å²) in [6, 6.07) is 8.07. The Balaban J connectivity index is 1.59. The third-order valence-electron chi connectivity index (χ3n) is 5.07. The van der Waals surface area contributed by atoms with E-state index in [1.54, 1.807) is 11.3 Å². The molecule has 6 nitrogen and oxygen atoms in total. The number of rotatable bonds is 6. The summed E-state index contributed by atoms with van der Waals surface area (Å²) in [5.41, 5.74) is 1.16. The average molecular weight is 389 g/mol. The van der Waals surface area contributed by atoms with Crippen LogP contribution in [0.4, 0.5) is 0 Å².